The van der Waals surface area contributed by atoms with Crippen LogP contribution in [0.15, 0.2) is 18.2 Å². The average molecular weight is 254 g/mol. The lowest BCUT2D eigenvalue weighted by Crippen LogP contribution is -2.08. The van der Waals surface area contributed by atoms with E-state index in [1.54, 1.807) is 18.2 Å². The van der Waals surface area contributed by atoms with Gasteiger partial charge in [0.05, 0.1) is 10.0 Å². The Morgan fingerprint density at radius 2 is 2.00 bits per heavy atom. The summed E-state index contributed by atoms with van der Waals surface area (Å²) in [5.41, 5.74) is 0.585. The van der Waals surface area contributed by atoms with Gasteiger partial charge < -0.3 is 4.74 Å². The van der Waals surface area contributed by atoms with E-state index < -0.39 is 11.3 Å². The van der Waals surface area contributed by atoms with E-state index >= 15 is 0 Å². The van der Waals surface area contributed by atoms with Crippen LogP contribution >= 0.6 is 34.8 Å². The van der Waals surface area contributed by atoms with Gasteiger partial charge in [-0.15, -0.1) is 0 Å². The highest BCUT2D eigenvalue weighted by Crippen LogP contribution is 2.27. The Balaban J connectivity index is 3.06. The van der Waals surface area contributed by atoms with Crippen LogP contribution < -0.4 is 0 Å². The Morgan fingerprint density at radius 1 is 1.36 bits per heavy atom. The number of carbonyl (C=O) groups excluding carboxylic acids is 1. The molecule has 76 valence electrons. The molecule has 1 rings (SSSR count). The molecule has 1 aromatic rings. The second-order valence-electron chi connectivity index (χ2n) is 2.59. The van der Waals surface area contributed by atoms with E-state index in [4.69, 9.17) is 39.5 Å². The third-order valence-electron chi connectivity index (χ3n) is 1.69. The third kappa shape index (κ3) is 2.61. The van der Waals surface area contributed by atoms with Gasteiger partial charge in [0, 0.05) is 7.11 Å². The number of benzene rings is 1. The van der Waals surface area contributed by atoms with Crippen molar-refractivity contribution in [3.63, 3.8) is 0 Å². The van der Waals surface area contributed by atoms with Crippen molar-refractivity contribution in [1.29, 1.82) is 0 Å². The van der Waals surface area contributed by atoms with Crippen LogP contribution in [0.2, 0.25) is 10.0 Å². The number of hydrogen-bond donors (Lipinski definition) is 0. The van der Waals surface area contributed by atoms with E-state index in [-0.39, 0.29) is 0 Å². The lowest BCUT2D eigenvalue weighted by Gasteiger charge is -2.11. The van der Waals surface area contributed by atoms with Crippen LogP contribution in [-0.4, -0.2) is 12.4 Å². The summed E-state index contributed by atoms with van der Waals surface area (Å²) < 4.78 is 4.91. The number of ether oxygens (including phenoxy) is 1. The first-order chi connectivity index (χ1) is 6.56. The molecule has 0 saturated carbocycles. The molecule has 5 heteroatoms. The summed E-state index contributed by atoms with van der Waals surface area (Å²) in [4.78, 5) is 10.9. The lowest BCUT2D eigenvalue weighted by molar-refractivity contribution is -0.121. The molecule has 0 heterocycles. The highest BCUT2D eigenvalue weighted by atomic mass is 35.5. The average Bonchev–Trinajstić information content (AvgIpc) is 2.11. The van der Waals surface area contributed by atoms with Crippen molar-refractivity contribution in [2.45, 2.75) is 6.10 Å². The molecule has 0 saturated heterocycles. The summed E-state index contributed by atoms with van der Waals surface area (Å²) in [6.07, 6.45) is -0.800. The topological polar surface area (TPSA) is 26.3 Å². The molecule has 0 amide bonds. The molecule has 0 aromatic heterocycles. The second-order valence-corrected chi connectivity index (χ2v) is 3.78. The minimum atomic E-state index is -0.800. The van der Waals surface area contributed by atoms with Crippen LogP contribution in [0.1, 0.15) is 11.7 Å². The van der Waals surface area contributed by atoms with Crippen molar-refractivity contribution < 1.29 is 9.53 Å². The normalized spacial score (nSPS) is 12.6. The Labute approximate surface area is 96.7 Å². The van der Waals surface area contributed by atoms with Crippen LogP contribution in [0.4, 0.5) is 0 Å². The fraction of sp³-hybridized carbons (Fsp3) is 0.222. The molecule has 0 aliphatic carbocycles. The zero-order valence-electron chi connectivity index (χ0n) is 7.26. The zero-order chi connectivity index (χ0) is 10.7. The van der Waals surface area contributed by atoms with Crippen LogP contribution in [0, 0.1) is 0 Å². The van der Waals surface area contributed by atoms with E-state index in [0.29, 0.717) is 15.6 Å². The molecule has 0 aliphatic rings. The summed E-state index contributed by atoms with van der Waals surface area (Å²) in [5, 5.41) is 0.197. The molecule has 0 N–H and O–H groups in total. The van der Waals surface area contributed by atoms with Gasteiger partial charge >= 0.3 is 0 Å². The number of rotatable bonds is 3. The molecule has 1 aromatic carbocycles. The van der Waals surface area contributed by atoms with Gasteiger partial charge in [0.25, 0.3) is 5.24 Å². The Kier molecular flexibility index (Phi) is 4.20. The molecule has 1 unspecified atom stereocenters. The van der Waals surface area contributed by atoms with Crippen molar-refractivity contribution >= 4 is 40.0 Å². The predicted octanol–water partition coefficient (Wildman–Crippen LogP) is 3.45. The van der Waals surface area contributed by atoms with E-state index in [1.165, 1.54) is 7.11 Å². The van der Waals surface area contributed by atoms with Gasteiger partial charge in [-0.05, 0) is 29.3 Å². The highest BCUT2D eigenvalue weighted by Gasteiger charge is 2.18. The summed E-state index contributed by atoms with van der Waals surface area (Å²) >= 11 is 16.8. The molecular weight excluding hydrogens is 246 g/mol. The number of hydrogen-bond acceptors (Lipinski definition) is 2. The van der Waals surface area contributed by atoms with Crippen molar-refractivity contribution in [3.8, 4) is 0 Å². The second kappa shape index (κ2) is 4.99. The maximum Gasteiger partial charge on any atom is 0.255 e. The Hall–Kier alpha value is -0.280. The monoisotopic (exact) mass is 252 g/mol. The van der Waals surface area contributed by atoms with Gasteiger partial charge in [-0.2, -0.15) is 0 Å². The fourth-order valence-electron chi connectivity index (χ4n) is 1.04. The highest BCUT2D eigenvalue weighted by molar-refractivity contribution is 6.64. The van der Waals surface area contributed by atoms with Gasteiger partial charge in [-0.3, -0.25) is 4.79 Å². The largest absolute Gasteiger partial charge is 0.368 e. The molecule has 0 fully saturated rings. The summed E-state index contributed by atoms with van der Waals surface area (Å²) in [6.45, 7) is 0. The van der Waals surface area contributed by atoms with Crippen molar-refractivity contribution in [3.05, 3.63) is 33.8 Å². The first-order valence-corrected chi connectivity index (χ1v) is 4.86. The number of methoxy groups -OCH3 is 1. The van der Waals surface area contributed by atoms with Gasteiger partial charge in [-0.25, -0.2) is 0 Å². The molecule has 0 spiro atoms. The van der Waals surface area contributed by atoms with Crippen LogP contribution in [0.25, 0.3) is 0 Å². The van der Waals surface area contributed by atoms with Gasteiger partial charge in [-0.1, -0.05) is 29.3 Å². The van der Waals surface area contributed by atoms with Gasteiger partial charge in [0.1, 0.15) is 0 Å². The quantitative estimate of drug-likeness (QED) is 0.771. The van der Waals surface area contributed by atoms with Gasteiger partial charge in [0.2, 0.25) is 0 Å². The SMILES string of the molecule is COC(C(=O)Cl)c1ccc(Cl)c(Cl)c1. The maximum atomic E-state index is 10.9. The molecule has 0 bridgehead atoms. The third-order valence-corrected chi connectivity index (χ3v) is 2.63. The van der Waals surface area contributed by atoms with Crippen LogP contribution in [0.5, 0.6) is 0 Å². The van der Waals surface area contributed by atoms with E-state index in [2.05, 4.69) is 0 Å². The standard InChI is InChI=1S/C9H7Cl3O2/c1-14-8(9(12)13)5-2-3-6(10)7(11)4-5/h2-4,8H,1H3. The van der Waals surface area contributed by atoms with E-state index in [1.807, 2.05) is 0 Å². The molecule has 1 atom stereocenters. The zero-order valence-corrected chi connectivity index (χ0v) is 9.53. The van der Waals surface area contributed by atoms with Gasteiger partial charge in [0.15, 0.2) is 6.10 Å². The first-order valence-electron chi connectivity index (χ1n) is 3.73. The van der Waals surface area contributed by atoms with Crippen molar-refractivity contribution in [2.24, 2.45) is 0 Å². The van der Waals surface area contributed by atoms with E-state index in [0.717, 1.165) is 0 Å². The van der Waals surface area contributed by atoms with Crippen LogP contribution in [-0.2, 0) is 9.53 Å². The Morgan fingerprint density at radius 3 is 2.43 bits per heavy atom. The molecule has 2 nitrogen and oxygen atoms in total. The molecular formula is C9H7Cl3O2. The lowest BCUT2D eigenvalue weighted by atomic mass is 10.1. The summed E-state index contributed by atoms with van der Waals surface area (Å²) in [6, 6.07) is 4.78. The molecule has 0 radical (unpaired) electrons. The Bertz CT molecular complexity index is 352. The number of halogens is 3. The minimum absolute atomic E-state index is 0.365. The van der Waals surface area contributed by atoms with Crippen molar-refractivity contribution in [2.75, 3.05) is 7.11 Å². The summed E-state index contributed by atoms with van der Waals surface area (Å²) in [5.74, 6) is 0. The van der Waals surface area contributed by atoms with Crippen molar-refractivity contribution in [1.82, 2.24) is 0 Å². The van der Waals surface area contributed by atoms with Crippen LogP contribution in [0.3, 0.4) is 0 Å². The smallest absolute Gasteiger partial charge is 0.255 e. The fourth-order valence-corrected chi connectivity index (χ4v) is 1.56. The first kappa shape index (κ1) is 11.8. The minimum Gasteiger partial charge on any atom is -0.368 e. The van der Waals surface area contributed by atoms with E-state index in [9.17, 15) is 4.79 Å². The number of carbonyl (C=O) groups is 1. The predicted molar refractivity (Wildman–Crippen MR) is 57.1 cm³/mol. The molecule has 14 heavy (non-hydrogen) atoms. The molecule has 0 aliphatic heterocycles. The summed E-state index contributed by atoms with van der Waals surface area (Å²) in [7, 11) is 1.40. The maximum absolute atomic E-state index is 10.9.